The Labute approximate surface area is 102 Å². The highest BCUT2D eigenvalue weighted by molar-refractivity contribution is 5.91. The van der Waals surface area contributed by atoms with E-state index < -0.39 is 5.54 Å². The molecule has 5 heteroatoms. The van der Waals surface area contributed by atoms with Gasteiger partial charge in [0.1, 0.15) is 5.54 Å². The van der Waals surface area contributed by atoms with E-state index in [1.165, 1.54) is 12.8 Å². The number of hydrogen-bond acceptors (Lipinski definition) is 3. The third-order valence-corrected chi connectivity index (χ3v) is 3.50. The van der Waals surface area contributed by atoms with E-state index >= 15 is 0 Å². The van der Waals surface area contributed by atoms with Crippen LogP contribution >= 0.6 is 0 Å². The van der Waals surface area contributed by atoms with Gasteiger partial charge in [-0.1, -0.05) is 0 Å². The molecule has 5 nitrogen and oxygen atoms in total. The number of piperazine rings is 1. The van der Waals surface area contributed by atoms with Crippen molar-refractivity contribution < 1.29 is 9.59 Å². The van der Waals surface area contributed by atoms with Crippen molar-refractivity contribution in [2.45, 2.75) is 44.7 Å². The molecule has 0 spiro atoms. The Morgan fingerprint density at radius 3 is 2.88 bits per heavy atom. The molecule has 0 aromatic carbocycles. The number of hydrogen-bond donors (Lipinski definition) is 2. The van der Waals surface area contributed by atoms with Crippen LogP contribution in [0, 0.1) is 0 Å². The monoisotopic (exact) mass is 239 g/mol. The molecule has 2 amide bonds. The SMILES string of the molecule is CC1(C)C(=O)NCCN1C(=O)CCNC1CC1. The van der Waals surface area contributed by atoms with Gasteiger partial charge in [-0.2, -0.15) is 0 Å². The second-order valence-electron chi connectivity index (χ2n) is 5.34. The first-order valence-corrected chi connectivity index (χ1v) is 6.34. The summed E-state index contributed by atoms with van der Waals surface area (Å²) in [6.07, 6.45) is 2.94. The lowest BCUT2D eigenvalue weighted by Gasteiger charge is -2.41. The van der Waals surface area contributed by atoms with Gasteiger partial charge in [0.05, 0.1) is 0 Å². The smallest absolute Gasteiger partial charge is 0.245 e. The van der Waals surface area contributed by atoms with Crippen LogP contribution in [0.3, 0.4) is 0 Å². The van der Waals surface area contributed by atoms with E-state index in [2.05, 4.69) is 10.6 Å². The third-order valence-electron chi connectivity index (χ3n) is 3.50. The van der Waals surface area contributed by atoms with Gasteiger partial charge in [0.2, 0.25) is 11.8 Å². The number of carbonyl (C=O) groups is 2. The number of amides is 2. The Morgan fingerprint density at radius 2 is 2.24 bits per heavy atom. The summed E-state index contributed by atoms with van der Waals surface area (Å²) in [4.78, 5) is 25.5. The average molecular weight is 239 g/mol. The second kappa shape index (κ2) is 4.64. The zero-order valence-corrected chi connectivity index (χ0v) is 10.6. The Morgan fingerprint density at radius 1 is 1.53 bits per heavy atom. The van der Waals surface area contributed by atoms with E-state index in [-0.39, 0.29) is 11.8 Å². The van der Waals surface area contributed by atoms with Crippen molar-refractivity contribution in [3.8, 4) is 0 Å². The molecule has 17 heavy (non-hydrogen) atoms. The van der Waals surface area contributed by atoms with Crippen molar-refractivity contribution in [2.24, 2.45) is 0 Å². The quantitative estimate of drug-likeness (QED) is 0.718. The van der Waals surface area contributed by atoms with Crippen molar-refractivity contribution in [3.05, 3.63) is 0 Å². The van der Waals surface area contributed by atoms with Gasteiger partial charge in [-0.25, -0.2) is 0 Å². The Kier molecular flexibility index (Phi) is 3.38. The molecule has 2 N–H and O–H groups in total. The highest BCUT2D eigenvalue weighted by Crippen LogP contribution is 2.20. The van der Waals surface area contributed by atoms with Gasteiger partial charge in [0.15, 0.2) is 0 Å². The predicted molar refractivity (Wildman–Crippen MR) is 64.4 cm³/mol. The molecule has 0 radical (unpaired) electrons. The molecule has 1 saturated heterocycles. The first-order chi connectivity index (χ1) is 8.01. The zero-order chi connectivity index (χ0) is 12.5. The van der Waals surface area contributed by atoms with Crippen LogP contribution in [-0.2, 0) is 9.59 Å². The van der Waals surface area contributed by atoms with Gasteiger partial charge in [0, 0.05) is 32.1 Å². The Balaban J connectivity index is 1.85. The summed E-state index contributed by atoms with van der Waals surface area (Å²) in [5.41, 5.74) is -0.713. The summed E-state index contributed by atoms with van der Waals surface area (Å²) in [5, 5.41) is 6.11. The van der Waals surface area contributed by atoms with Crippen LogP contribution in [0.25, 0.3) is 0 Å². The summed E-state index contributed by atoms with van der Waals surface area (Å²) >= 11 is 0. The second-order valence-corrected chi connectivity index (χ2v) is 5.34. The van der Waals surface area contributed by atoms with Crippen molar-refractivity contribution in [1.29, 1.82) is 0 Å². The molecule has 1 aliphatic carbocycles. The molecular weight excluding hydrogens is 218 g/mol. The van der Waals surface area contributed by atoms with Gasteiger partial charge < -0.3 is 15.5 Å². The van der Waals surface area contributed by atoms with Crippen LogP contribution in [0.4, 0.5) is 0 Å². The van der Waals surface area contributed by atoms with E-state index in [0.717, 1.165) is 6.54 Å². The van der Waals surface area contributed by atoms with Crippen LogP contribution in [-0.4, -0.2) is 47.9 Å². The largest absolute Gasteiger partial charge is 0.352 e. The first kappa shape index (κ1) is 12.4. The van der Waals surface area contributed by atoms with Gasteiger partial charge in [-0.05, 0) is 26.7 Å². The van der Waals surface area contributed by atoms with E-state index in [1.807, 2.05) is 0 Å². The van der Waals surface area contributed by atoms with Crippen molar-refractivity contribution in [3.63, 3.8) is 0 Å². The predicted octanol–water partition coefficient (Wildman–Crippen LogP) is -0.134. The molecule has 0 aromatic heterocycles. The van der Waals surface area contributed by atoms with Crippen LogP contribution in [0.1, 0.15) is 33.1 Å². The van der Waals surface area contributed by atoms with Crippen molar-refractivity contribution >= 4 is 11.8 Å². The number of rotatable bonds is 4. The maximum atomic E-state index is 12.1. The van der Waals surface area contributed by atoms with Crippen LogP contribution < -0.4 is 10.6 Å². The maximum absolute atomic E-state index is 12.1. The van der Waals surface area contributed by atoms with Gasteiger partial charge >= 0.3 is 0 Å². The van der Waals surface area contributed by atoms with E-state index in [1.54, 1.807) is 18.7 Å². The lowest BCUT2D eigenvalue weighted by Crippen LogP contribution is -2.63. The van der Waals surface area contributed by atoms with E-state index in [0.29, 0.717) is 25.6 Å². The fourth-order valence-electron chi connectivity index (χ4n) is 2.14. The molecule has 2 fully saturated rings. The van der Waals surface area contributed by atoms with Crippen molar-refractivity contribution in [1.82, 2.24) is 15.5 Å². The fourth-order valence-corrected chi connectivity index (χ4v) is 2.14. The molecule has 0 aromatic rings. The highest BCUT2D eigenvalue weighted by Gasteiger charge is 2.39. The molecule has 2 aliphatic rings. The van der Waals surface area contributed by atoms with E-state index in [9.17, 15) is 9.59 Å². The first-order valence-electron chi connectivity index (χ1n) is 6.34. The topological polar surface area (TPSA) is 61.4 Å². The minimum atomic E-state index is -0.713. The summed E-state index contributed by atoms with van der Waals surface area (Å²) in [5.74, 6) is 0.00486. The summed E-state index contributed by atoms with van der Waals surface area (Å²) in [7, 11) is 0. The molecule has 0 bridgehead atoms. The fraction of sp³-hybridized carbons (Fsp3) is 0.833. The number of nitrogens with zero attached hydrogens (tertiary/aromatic N) is 1. The zero-order valence-electron chi connectivity index (χ0n) is 10.6. The third kappa shape index (κ3) is 2.77. The van der Waals surface area contributed by atoms with Crippen LogP contribution in [0.15, 0.2) is 0 Å². The average Bonchev–Trinajstić information content (AvgIpc) is 3.05. The lowest BCUT2D eigenvalue weighted by molar-refractivity contribution is -0.149. The molecule has 0 unspecified atom stereocenters. The molecule has 1 saturated carbocycles. The highest BCUT2D eigenvalue weighted by atomic mass is 16.2. The summed E-state index contributed by atoms with van der Waals surface area (Å²) < 4.78 is 0. The Hall–Kier alpha value is -1.10. The van der Waals surface area contributed by atoms with Gasteiger partial charge in [-0.3, -0.25) is 9.59 Å². The molecular formula is C12H21N3O2. The lowest BCUT2D eigenvalue weighted by atomic mass is 9.98. The Bertz CT molecular complexity index is 324. The molecule has 1 heterocycles. The molecule has 96 valence electrons. The van der Waals surface area contributed by atoms with Crippen molar-refractivity contribution in [2.75, 3.05) is 19.6 Å². The molecule has 1 aliphatic heterocycles. The van der Waals surface area contributed by atoms with Crippen LogP contribution in [0.5, 0.6) is 0 Å². The van der Waals surface area contributed by atoms with Crippen LogP contribution in [0.2, 0.25) is 0 Å². The summed E-state index contributed by atoms with van der Waals surface area (Å²) in [6.45, 7) is 5.49. The molecule has 2 rings (SSSR count). The normalized spacial score (nSPS) is 23.4. The number of nitrogens with one attached hydrogen (secondary N) is 2. The maximum Gasteiger partial charge on any atom is 0.245 e. The minimum absolute atomic E-state index is 0.0627. The minimum Gasteiger partial charge on any atom is -0.352 e. The standard InChI is InChI=1S/C12H21N3O2/c1-12(2)11(17)14-7-8-15(12)10(16)5-6-13-9-3-4-9/h9,13H,3-8H2,1-2H3,(H,14,17). The number of carbonyl (C=O) groups excluding carboxylic acids is 2. The molecule has 0 atom stereocenters. The van der Waals surface area contributed by atoms with Gasteiger partial charge in [0.25, 0.3) is 0 Å². The van der Waals surface area contributed by atoms with Gasteiger partial charge in [-0.15, -0.1) is 0 Å². The summed E-state index contributed by atoms with van der Waals surface area (Å²) in [6, 6.07) is 0.625. The van der Waals surface area contributed by atoms with E-state index in [4.69, 9.17) is 0 Å².